The van der Waals surface area contributed by atoms with Crippen LogP contribution in [0.3, 0.4) is 0 Å². The first kappa shape index (κ1) is 23.4. The van der Waals surface area contributed by atoms with Gasteiger partial charge in [-0.25, -0.2) is 4.79 Å². The van der Waals surface area contributed by atoms with Gasteiger partial charge in [0.05, 0.1) is 19.5 Å². The molecular formula is C21H25NO7S. The van der Waals surface area contributed by atoms with Crippen molar-refractivity contribution in [2.24, 2.45) is 0 Å². The molecule has 0 aliphatic rings. The molecule has 2 N–H and O–H groups in total. The van der Waals surface area contributed by atoms with Crippen LogP contribution < -0.4 is 10.1 Å². The van der Waals surface area contributed by atoms with Gasteiger partial charge in [-0.15, -0.1) is 0 Å². The summed E-state index contributed by atoms with van der Waals surface area (Å²) in [7, 11) is 2.89. The van der Waals surface area contributed by atoms with E-state index in [4.69, 9.17) is 18.9 Å². The van der Waals surface area contributed by atoms with Gasteiger partial charge in [-0.05, 0) is 29.8 Å². The Kier molecular flexibility index (Phi) is 9.30. The lowest BCUT2D eigenvalue weighted by Crippen LogP contribution is -2.29. The predicted octanol–water partition coefficient (Wildman–Crippen LogP) is 3.57. The smallest absolute Gasteiger partial charge is 0.412 e. The molecule has 8 nitrogen and oxygen atoms in total. The Balaban J connectivity index is 2.20. The van der Waals surface area contributed by atoms with Crippen LogP contribution in [0.4, 0.5) is 10.5 Å². The lowest BCUT2D eigenvalue weighted by atomic mass is 10.0. The number of thiol groups is 1. The first-order valence-corrected chi connectivity index (χ1v) is 9.80. The van der Waals surface area contributed by atoms with E-state index in [1.54, 1.807) is 36.4 Å². The van der Waals surface area contributed by atoms with Crippen LogP contribution in [0.5, 0.6) is 11.5 Å². The van der Waals surface area contributed by atoms with Crippen molar-refractivity contribution in [3.63, 3.8) is 0 Å². The van der Waals surface area contributed by atoms with Crippen molar-refractivity contribution in [1.29, 1.82) is 0 Å². The molecule has 0 saturated heterocycles. The maximum Gasteiger partial charge on any atom is 0.412 e. The molecule has 9 heteroatoms. The minimum absolute atomic E-state index is 0.0383. The third-order valence-electron chi connectivity index (χ3n) is 4.22. The van der Waals surface area contributed by atoms with Crippen LogP contribution in [0.1, 0.15) is 18.1 Å². The van der Waals surface area contributed by atoms with Gasteiger partial charge >= 0.3 is 12.1 Å². The molecular weight excluding hydrogens is 410 g/mol. The van der Waals surface area contributed by atoms with E-state index in [0.29, 0.717) is 11.3 Å². The normalized spacial score (nSPS) is 12.5. The van der Waals surface area contributed by atoms with E-state index in [1.165, 1.54) is 20.3 Å². The van der Waals surface area contributed by atoms with Crippen molar-refractivity contribution in [3.05, 3.63) is 54.1 Å². The van der Waals surface area contributed by atoms with E-state index in [0.717, 1.165) is 0 Å². The summed E-state index contributed by atoms with van der Waals surface area (Å²) in [6.45, 7) is 0.0558. The number of benzene rings is 2. The summed E-state index contributed by atoms with van der Waals surface area (Å²) in [5, 5.41) is 12.8. The number of carbonyl (C=O) groups excluding carboxylic acids is 2. The van der Waals surface area contributed by atoms with E-state index >= 15 is 0 Å². The highest BCUT2D eigenvalue weighted by molar-refractivity contribution is 7.81. The number of esters is 1. The quantitative estimate of drug-likeness (QED) is 0.387. The van der Waals surface area contributed by atoms with Crippen LogP contribution in [0.25, 0.3) is 0 Å². The number of nitrogens with one attached hydrogen (secondary N) is 1. The molecule has 0 unspecified atom stereocenters. The first-order valence-electron chi connectivity index (χ1n) is 9.17. The van der Waals surface area contributed by atoms with Gasteiger partial charge in [0.25, 0.3) is 0 Å². The Hall–Kier alpha value is -2.91. The van der Waals surface area contributed by atoms with Crippen LogP contribution in [-0.2, 0) is 19.0 Å². The first-order chi connectivity index (χ1) is 14.5. The topological polar surface area (TPSA) is 103 Å². The van der Waals surface area contributed by atoms with Crippen molar-refractivity contribution in [1.82, 2.24) is 0 Å². The number of amides is 1. The average Bonchev–Trinajstić information content (AvgIpc) is 2.76. The van der Waals surface area contributed by atoms with Gasteiger partial charge in [-0.1, -0.05) is 24.3 Å². The molecule has 0 aromatic heterocycles. The minimum atomic E-state index is -0.884. The van der Waals surface area contributed by atoms with Gasteiger partial charge < -0.3 is 24.1 Å². The Morgan fingerprint density at radius 1 is 1.13 bits per heavy atom. The van der Waals surface area contributed by atoms with E-state index < -0.39 is 24.3 Å². The Bertz CT molecular complexity index is 831. The molecule has 0 aliphatic carbocycles. The molecule has 2 atom stereocenters. The van der Waals surface area contributed by atoms with Crippen molar-refractivity contribution in [2.75, 3.05) is 31.9 Å². The molecule has 2 aromatic carbocycles. The SMILES string of the molecule is COc1ccc([C@@H](OC(=O)Nc2ccccc2)[C@@H](CCOC(=O)CS)OC)cc1O. The van der Waals surface area contributed by atoms with Crippen LogP contribution in [0.2, 0.25) is 0 Å². The van der Waals surface area contributed by atoms with Gasteiger partial charge in [0.1, 0.15) is 6.10 Å². The Morgan fingerprint density at radius 2 is 1.87 bits per heavy atom. The number of para-hydroxylation sites is 1. The molecule has 2 aromatic rings. The lowest BCUT2D eigenvalue weighted by Gasteiger charge is -2.26. The molecule has 2 rings (SSSR count). The molecule has 0 fully saturated rings. The maximum absolute atomic E-state index is 12.5. The third-order valence-corrected chi connectivity index (χ3v) is 4.48. The second kappa shape index (κ2) is 11.9. The Morgan fingerprint density at radius 3 is 2.47 bits per heavy atom. The number of aromatic hydroxyl groups is 1. The molecule has 0 aliphatic heterocycles. The predicted molar refractivity (Wildman–Crippen MR) is 114 cm³/mol. The number of ether oxygens (including phenoxy) is 4. The minimum Gasteiger partial charge on any atom is -0.504 e. The second-order valence-electron chi connectivity index (χ2n) is 6.19. The summed E-state index contributed by atoms with van der Waals surface area (Å²) in [4.78, 5) is 23.8. The number of anilines is 1. The van der Waals surface area contributed by atoms with E-state index in [9.17, 15) is 14.7 Å². The largest absolute Gasteiger partial charge is 0.504 e. The van der Waals surface area contributed by atoms with Gasteiger partial charge in [0.15, 0.2) is 17.6 Å². The molecule has 0 saturated carbocycles. The van der Waals surface area contributed by atoms with Crippen LogP contribution in [0, 0.1) is 0 Å². The third kappa shape index (κ3) is 6.85. The summed E-state index contributed by atoms with van der Waals surface area (Å²) in [6, 6.07) is 13.5. The number of phenols is 1. The van der Waals surface area contributed by atoms with E-state index in [1.807, 2.05) is 6.07 Å². The van der Waals surface area contributed by atoms with Crippen molar-refractivity contribution < 1.29 is 33.6 Å². The van der Waals surface area contributed by atoms with Gasteiger partial charge in [0, 0.05) is 19.2 Å². The number of hydrogen-bond acceptors (Lipinski definition) is 8. The summed E-state index contributed by atoms with van der Waals surface area (Å²) in [6.07, 6.45) is -1.97. The molecule has 0 bridgehead atoms. The molecule has 1 amide bonds. The summed E-state index contributed by atoms with van der Waals surface area (Å²) < 4.78 is 21.2. The standard InChI is InChI=1S/C21H25NO7S/c1-26-17-9-8-14(12-16(17)23)20(18(27-2)10-11-28-19(24)13-30)29-21(25)22-15-6-4-3-5-7-15/h3-9,12,18,20,23,30H,10-11,13H2,1-2H3,(H,22,25)/t18-,20-/m1/s1. The van der Waals surface area contributed by atoms with Crippen LogP contribution >= 0.6 is 12.6 Å². The monoisotopic (exact) mass is 435 g/mol. The van der Waals surface area contributed by atoms with Gasteiger partial charge in [-0.3, -0.25) is 10.1 Å². The van der Waals surface area contributed by atoms with Gasteiger partial charge in [-0.2, -0.15) is 12.6 Å². The zero-order chi connectivity index (χ0) is 21.9. The summed E-state index contributed by atoms with van der Waals surface area (Å²) >= 11 is 3.86. The fourth-order valence-electron chi connectivity index (χ4n) is 2.75. The van der Waals surface area contributed by atoms with Gasteiger partial charge in [0.2, 0.25) is 0 Å². The number of phenolic OH excluding ortho intramolecular Hbond substituents is 1. The van der Waals surface area contributed by atoms with Crippen LogP contribution in [0.15, 0.2) is 48.5 Å². The second-order valence-corrected chi connectivity index (χ2v) is 6.51. The number of methoxy groups -OCH3 is 2. The molecule has 0 heterocycles. The number of carbonyl (C=O) groups is 2. The van der Waals surface area contributed by atoms with Crippen molar-refractivity contribution >= 4 is 30.4 Å². The average molecular weight is 435 g/mol. The maximum atomic E-state index is 12.5. The summed E-state index contributed by atoms with van der Waals surface area (Å²) in [5.74, 6) is -0.329. The zero-order valence-corrected chi connectivity index (χ0v) is 17.6. The fraction of sp³-hybridized carbons (Fsp3) is 0.333. The Labute approximate surface area is 180 Å². The summed E-state index contributed by atoms with van der Waals surface area (Å²) in [5.41, 5.74) is 1.05. The molecule has 0 radical (unpaired) electrons. The fourth-order valence-corrected chi connectivity index (χ4v) is 2.85. The van der Waals surface area contributed by atoms with Crippen LogP contribution in [-0.4, -0.2) is 49.9 Å². The number of rotatable bonds is 10. The highest BCUT2D eigenvalue weighted by Gasteiger charge is 2.28. The van der Waals surface area contributed by atoms with Crippen molar-refractivity contribution in [3.8, 4) is 11.5 Å². The zero-order valence-electron chi connectivity index (χ0n) is 16.7. The van der Waals surface area contributed by atoms with E-state index in [-0.39, 0.29) is 30.3 Å². The molecule has 0 spiro atoms. The van der Waals surface area contributed by atoms with Crippen molar-refractivity contribution in [2.45, 2.75) is 18.6 Å². The lowest BCUT2D eigenvalue weighted by molar-refractivity contribution is -0.141. The highest BCUT2D eigenvalue weighted by Crippen LogP contribution is 2.33. The van der Waals surface area contributed by atoms with E-state index in [2.05, 4.69) is 17.9 Å². The molecule has 30 heavy (non-hydrogen) atoms. The number of hydrogen-bond donors (Lipinski definition) is 3. The highest BCUT2D eigenvalue weighted by atomic mass is 32.1. The molecule has 162 valence electrons.